The molecule has 1 heterocycles. The monoisotopic (exact) mass is 346 g/mol. The molecule has 1 aromatic carbocycles. The molecule has 1 amide bonds. The highest BCUT2D eigenvalue weighted by molar-refractivity contribution is 5.92. The number of benzene rings is 1. The van der Waals surface area contributed by atoms with E-state index in [2.05, 4.69) is 11.8 Å². The van der Waals surface area contributed by atoms with E-state index < -0.39 is 11.5 Å². The van der Waals surface area contributed by atoms with Crippen molar-refractivity contribution in [1.29, 1.82) is 0 Å². The Morgan fingerprint density at radius 3 is 2.64 bits per heavy atom. The number of rotatable bonds is 7. The normalized spacial score (nSPS) is 27.7. The van der Waals surface area contributed by atoms with Gasteiger partial charge in [-0.25, -0.2) is 0 Å². The molecule has 5 nitrogen and oxygen atoms in total. The number of ether oxygens (including phenoxy) is 1. The number of piperidine rings is 1. The molecule has 3 N–H and O–H groups in total. The van der Waals surface area contributed by atoms with Gasteiger partial charge in [-0.1, -0.05) is 13.3 Å². The van der Waals surface area contributed by atoms with Gasteiger partial charge in [-0.15, -0.1) is 0 Å². The van der Waals surface area contributed by atoms with Gasteiger partial charge in [0.2, 0.25) is 5.91 Å². The van der Waals surface area contributed by atoms with Crippen molar-refractivity contribution in [3.8, 4) is 5.75 Å². The molecule has 2 fully saturated rings. The van der Waals surface area contributed by atoms with E-state index in [-0.39, 0.29) is 0 Å². The Balaban J connectivity index is 1.37. The molecular weight excluding hydrogens is 316 g/mol. The van der Waals surface area contributed by atoms with Crippen molar-refractivity contribution in [3.63, 3.8) is 0 Å². The molecule has 0 bridgehead atoms. The van der Waals surface area contributed by atoms with Gasteiger partial charge < -0.3 is 20.5 Å². The number of carbonyl (C=O) groups is 1. The van der Waals surface area contributed by atoms with Crippen LogP contribution in [0.25, 0.3) is 0 Å². The lowest BCUT2D eigenvalue weighted by Gasteiger charge is -2.50. The molecule has 1 aliphatic carbocycles. The maximum Gasteiger partial charge on any atom is 0.248 e. The van der Waals surface area contributed by atoms with Crippen LogP contribution in [-0.2, 0) is 0 Å². The maximum absolute atomic E-state index is 11.0. The molecule has 0 spiro atoms. The number of hydrogen-bond donors (Lipinski definition) is 2. The van der Waals surface area contributed by atoms with E-state index in [9.17, 15) is 9.90 Å². The molecule has 2 atom stereocenters. The van der Waals surface area contributed by atoms with Crippen LogP contribution >= 0.6 is 0 Å². The highest BCUT2D eigenvalue weighted by atomic mass is 16.5. The van der Waals surface area contributed by atoms with Crippen LogP contribution in [0.2, 0.25) is 0 Å². The number of primary amides is 1. The minimum absolute atomic E-state index is 0.341. The molecule has 2 unspecified atom stereocenters. The number of nitrogens with two attached hydrogens (primary N) is 1. The fraction of sp³-hybridized carbons (Fsp3) is 0.650. The molecule has 25 heavy (non-hydrogen) atoms. The van der Waals surface area contributed by atoms with Crippen molar-refractivity contribution in [1.82, 2.24) is 4.90 Å². The Hall–Kier alpha value is -1.59. The summed E-state index contributed by atoms with van der Waals surface area (Å²) < 4.78 is 5.74. The third kappa shape index (κ3) is 4.15. The molecule has 1 saturated carbocycles. The second-order valence-electron chi connectivity index (χ2n) is 7.66. The Morgan fingerprint density at radius 2 is 2.08 bits per heavy atom. The first-order valence-corrected chi connectivity index (χ1v) is 9.46. The van der Waals surface area contributed by atoms with E-state index in [0.717, 1.165) is 38.2 Å². The number of hydrogen-bond acceptors (Lipinski definition) is 4. The van der Waals surface area contributed by atoms with Gasteiger partial charge in [0.1, 0.15) is 5.75 Å². The summed E-state index contributed by atoms with van der Waals surface area (Å²) in [6.07, 6.45) is 5.52. The summed E-state index contributed by atoms with van der Waals surface area (Å²) in [7, 11) is 0. The second kappa shape index (κ2) is 7.75. The third-order valence-corrected chi connectivity index (χ3v) is 6.05. The van der Waals surface area contributed by atoms with Gasteiger partial charge in [0.15, 0.2) is 0 Å². The predicted molar refractivity (Wildman–Crippen MR) is 97.6 cm³/mol. The molecule has 0 aromatic heterocycles. The average Bonchev–Trinajstić information content (AvgIpc) is 2.54. The minimum atomic E-state index is -0.437. The first-order chi connectivity index (χ1) is 12.0. The average molecular weight is 346 g/mol. The zero-order valence-corrected chi connectivity index (χ0v) is 15.1. The quantitative estimate of drug-likeness (QED) is 0.744. The predicted octanol–water partition coefficient (Wildman–Crippen LogP) is 2.43. The Bertz CT molecular complexity index is 585. The fourth-order valence-corrected chi connectivity index (χ4v) is 4.13. The number of carbonyl (C=O) groups excluding carboxylic acids is 1. The zero-order valence-electron chi connectivity index (χ0n) is 15.1. The summed E-state index contributed by atoms with van der Waals surface area (Å²) in [5.41, 5.74) is 5.28. The molecule has 2 aliphatic rings. The summed E-state index contributed by atoms with van der Waals surface area (Å²) in [5, 5.41) is 11.0. The van der Waals surface area contributed by atoms with Crippen molar-refractivity contribution in [2.24, 2.45) is 17.6 Å². The molecule has 138 valence electrons. The summed E-state index contributed by atoms with van der Waals surface area (Å²) in [6.45, 7) is 5.78. The number of nitrogens with zero attached hydrogens (tertiary/aromatic N) is 1. The first kappa shape index (κ1) is 18.2. The lowest BCUT2D eigenvalue weighted by molar-refractivity contribution is -0.127. The maximum atomic E-state index is 11.0. The molecule has 1 aliphatic heterocycles. The van der Waals surface area contributed by atoms with E-state index in [1.165, 1.54) is 19.3 Å². The van der Waals surface area contributed by atoms with Crippen LogP contribution in [0.15, 0.2) is 24.3 Å². The topological polar surface area (TPSA) is 75.8 Å². The summed E-state index contributed by atoms with van der Waals surface area (Å²) in [5.74, 6) is 1.20. The molecular formula is C20H30N2O3. The summed E-state index contributed by atoms with van der Waals surface area (Å²) in [6, 6.07) is 6.93. The lowest BCUT2D eigenvalue weighted by atomic mass is 9.65. The van der Waals surface area contributed by atoms with Gasteiger partial charge >= 0.3 is 0 Å². The van der Waals surface area contributed by atoms with Crippen molar-refractivity contribution < 1.29 is 14.6 Å². The van der Waals surface area contributed by atoms with Crippen LogP contribution in [0.3, 0.4) is 0 Å². The van der Waals surface area contributed by atoms with Gasteiger partial charge in [-0.2, -0.15) is 0 Å². The summed E-state index contributed by atoms with van der Waals surface area (Å²) >= 11 is 0. The van der Waals surface area contributed by atoms with Crippen LogP contribution in [0.1, 0.15) is 49.4 Å². The molecule has 5 heteroatoms. The Kier molecular flexibility index (Phi) is 5.64. The standard InChI is InChI=1S/C20H30N2O3/c1-15-14-22(12-10-20(15,24)17-4-2-5-17)11-3-13-25-18-8-6-16(7-9-18)19(21)23/h6-9,15,17,24H,2-5,10-14H2,1H3,(H2,21,23). The number of aliphatic hydroxyl groups is 1. The fourth-order valence-electron chi connectivity index (χ4n) is 4.13. The second-order valence-corrected chi connectivity index (χ2v) is 7.66. The minimum Gasteiger partial charge on any atom is -0.494 e. The highest BCUT2D eigenvalue weighted by Crippen LogP contribution is 2.44. The van der Waals surface area contributed by atoms with Gasteiger partial charge in [0, 0.05) is 25.2 Å². The van der Waals surface area contributed by atoms with Crippen LogP contribution in [0.5, 0.6) is 5.75 Å². The van der Waals surface area contributed by atoms with Crippen LogP contribution < -0.4 is 10.5 Å². The SMILES string of the molecule is CC1CN(CCCOc2ccc(C(N)=O)cc2)CCC1(O)C1CCC1. The van der Waals surface area contributed by atoms with Crippen LogP contribution in [-0.4, -0.2) is 47.8 Å². The molecule has 1 saturated heterocycles. The van der Waals surface area contributed by atoms with Gasteiger partial charge in [-0.05, 0) is 61.8 Å². The number of amides is 1. The zero-order chi connectivity index (χ0) is 17.9. The molecule has 1 aromatic rings. The summed E-state index contributed by atoms with van der Waals surface area (Å²) in [4.78, 5) is 13.5. The van der Waals surface area contributed by atoms with Crippen LogP contribution in [0.4, 0.5) is 0 Å². The largest absolute Gasteiger partial charge is 0.494 e. The first-order valence-electron chi connectivity index (χ1n) is 9.46. The molecule has 3 rings (SSSR count). The van der Waals surface area contributed by atoms with E-state index in [0.29, 0.717) is 24.0 Å². The van der Waals surface area contributed by atoms with Crippen molar-refractivity contribution in [2.75, 3.05) is 26.2 Å². The third-order valence-electron chi connectivity index (χ3n) is 6.05. The molecule has 0 radical (unpaired) electrons. The smallest absolute Gasteiger partial charge is 0.248 e. The highest BCUT2D eigenvalue weighted by Gasteiger charge is 2.46. The van der Waals surface area contributed by atoms with Crippen molar-refractivity contribution in [2.45, 2.75) is 44.6 Å². The van der Waals surface area contributed by atoms with E-state index in [1.54, 1.807) is 24.3 Å². The van der Waals surface area contributed by atoms with Gasteiger partial charge in [0.05, 0.1) is 12.2 Å². The van der Waals surface area contributed by atoms with Crippen molar-refractivity contribution >= 4 is 5.91 Å². The number of likely N-dealkylation sites (tertiary alicyclic amines) is 1. The van der Waals surface area contributed by atoms with Crippen LogP contribution in [0, 0.1) is 11.8 Å². The lowest BCUT2D eigenvalue weighted by Crippen LogP contribution is -2.56. The van der Waals surface area contributed by atoms with E-state index in [4.69, 9.17) is 10.5 Å². The van der Waals surface area contributed by atoms with Crippen molar-refractivity contribution in [3.05, 3.63) is 29.8 Å². The van der Waals surface area contributed by atoms with E-state index in [1.807, 2.05) is 0 Å². The van der Waals surface area contributed by atoms with E-state index >= 15 is 0 Å². The Labute approximate surface area is 150 Å². The Morgan fingerprint density at radius 1 is 1.36 bits per heavy atom. The van der Waals surface area contributed by atoms with Gasteiger partial charge in [0.25, 0.3) is 0 Å². The van der Waals surface area contributed by atoms with Gasteiger partial charge in [-0.3, -0.25) is 4.79 Å².